The van der Waals surface area contributed by atoms with Crippen molar-refractivity contribution >= 4 is 17.6 Å². The molecule has 1 aromatic rings. The molecule has 1 N–H and O–H groups in total. The SMILES string of the molecule is Cc1ccc(C)c(C(=O)CCC(=O)NCCN2CCN(C(=O)C3CCCC3)CC2)c1. The van der Waals surface area contributed by atoms with Crippen LogP contribution in [0.15, 0.2) is 18.2 Å². The van der Waals surface area contributed by atoms with Crippen molar-refractivity contribution in [2.24, 2.45) is 5.92 Å². The van der Waals surface area contributed by atoms with Crippen molar-refractivity contribution in [3.05, 3.63) is 34.9 Å². The molecule has 0 radical (unpaired) electrons. The molecule has 6 nitrogen and oxygen atoms in total. The normalized spacial score (nSPS) is 17.9. The number of nitrogens with zero attached hydrogens (tertiary/aromatic N) is 2. The van der Waals surface area contributed by atoms with Crippen LogP contribution in [0.5, 0.6) is 0 Å². The summed E-state index contributed by atoms with van der Waals surface area (Å²) < 4.78 is 0. The van der Waals surface area contributed by atoms with Crippen LogP contribution in [0.1, 0.15) is 60.0 Å². The van der Waals surface area contributed by atoms with E-state index in [1.807, 2.05) is 36.9 Å². The first-order chi connectivity index (χ1) is 14.4. The minimum absolute atomic E-state index is 0.0226. The Morgan fingerprint density at radius 2 is 1.70 bits per heavy atom. The van der Waals surface area contributed by atoms with Crippen LogP contribution in [0.4, 0.5) is 0 Å². The summed E-state index contributed by atoms with van der Waals surface area (Å²) >= 11 is 0. The number of benzene rings is 1. The molecule has 0 bridgehead atoms. The van der Waals surface area contributed by atoms with Crippen molar-refractivity contribution < 1.29 is 14.4 Å². The highest BCUT2D eigenvalue weighted by Gasteiger charge is 2.29. The van der Waals surface area contributed by atoms with Crippen LogP contribution in [-0.4, -0.2) is 66.7 Å². The number of Topliss-reactive ketones (excluding diaryl/α,β-unsaturated/α-hetero) is 1. The second kappa shape index (κ2) is 10.7. The zero-order chi connectivity index (χ0) is 21.5. The summed E-state index contributed by atoms with van der Waals surface area (Å²) in [6.07, 6.45) is 4.93. The monoisotopic (exact) mass is 413 g/mol. The Kier molecular flexibility index (Phi) is 8.02. The van der Waals surface area contributed by atoms with Gasteiger partial charge >= 0.3 is 0 Å². The van der Waals surface area contributed by atoms with Gasteiger partial charge in [-0.05, 0) is 38.3 Å². The summed E-state index contributed by atoms with van der Waals surface area (Å²) in [7, 11) is 0. The molecular formula is C24H35N3O3. The quantitative estimate of drug-likeness (QED) is 0.666. The van der Waals surface area contributed by atoms with E-state index in [4.69, 9.17) is 0 Å². The molecule has 164 valence electrons. The third-order valence-electron chi connectivity index (χ3n) is 6.41. The van der Waals surface area contributed by atoms with E-state index in [0.717, 1.165) is 56.7 Å². The summed E-state index contributed by atoms with van der Waals surface area (Å²) in [5.74, 6) is 0.536. The summed E-state index contributed by atoms with van der Waals surface area (Å²) in [6, 6.07) is 5.83. The summed E-state index contributed by atoms with van der Waals surface area (Å²) in [4.78, 5) is 41.3. The molecule has 1 aromatic carbocycles. The molecule has 2 aliphatic rings. The lowest BCUT2D eigenvalue weighted by Crippen LogP contribution is -2.51. The molecule has 0 atom stereocenters. The highest BCUT2D eigenvalue weighted by molar-refractivity contribution is 5.99. The van der Waals surface area contributed by atoms with E-state index < -0.39 is 0 Å². The van der Waals surface area contributed by atoms with Crippen LogP contribution >= 0.6 is 0 Å². The summed E-state index contributed by atoms with van der Waals surface area (Å²) in [5, 5.41) is 2.93. The second-order valence-electron chi connectivity index (χ2n) is 8.74. The zero-order valence-corrected chi connectivity index (χ0v) is 18.4. The number of amides is 2. The Morgan fingerprint density at radius 1 is 1.00 bits per heavy atom. The molecule has 6 heteroatoms. The minimum Gasteiger partial charge on any atom is -0.355 e. The predicted octanol–water partition coefficient (Wildman–Crippen LogP) is 2.72. The first-order valence-electron chi connectivity index (χ1n) is 11.3. The van der Waals surface area contributed by atoms with Gasteiger partial charge in [0.2, 0.25) is 11.8 Å². The van der Waals surface area contributed by atoms with E-state index in [9.17, 15) is 14.4 Å². The van der Waals surface area contributed by atoms with Crippen LogP contribution in [0, 0.1) is 19.8 Å². The zero-order valence-electron chi connectivity index (χ0n) is 18.4. The second-order valence-corrected chi connectivity index (χ2v) is 8.74. The number of piperazine rings is 1. The largest absolute Gasteiger partial charge is 0.355 e. The van der Waals surface area contributed by atoms with Gasteiger partial charge in [0.15, 0.2) is 5.78 Å². The topological polar surface area (TPSA) is 69.7 Å². The Hall–Kier alpha value is -2.21. The molecule has 0 spiro atoms. The minimum atomic E-state index is -0.0799. The van der Waals surface area contributed by atoms with Crippen LogP contribution in [0.2, 0.25) is 0 Å². The van der Waals surface area contributed by atoms with Crippen molar-refractivity contribution in [2.45, 2.75) is 52.4 Å². The van der Waals surface area contributed by atoms with E-state index in [0.29, 0.717) is 18.0 Å². The van der Waals surface area contributed by atoms with Crippen molar-refractivity contribution in [3.8, 4) is 0 Å². The van der Waals surface area contributed by atoms with E-state index in [1.54, 1.807) is 0 Å². The lowest BCUT2D eigenvalue weighted by Gasteiger charge is -2.36. The highest BCUT2D eigenvalue weighted by Crippen LogP contribution is 2.26. The lowest BCUT2D eigenvalue weighted by molar-refractivity contribution is -0.137. The van der Waals surface area contributed by atoms with Crippen molar-refractivity contribution in [2.75, 3.05) is 39.3 Å². The third-order valence-corrected chi connectivity index (χ3v) is 6.41. The molecular weight excluding hydrogens is 378 g/mol. The van der Waals surface area contributed by atoms with Gasteiger partial charge in [-0.15, -0.1) is 0 Å². The maximum Gasteiger partial charge on any atom is 0.225 e. The maximum atomic E-state index is 12.5. The number of hydrogen-bond donors (Lipinski definition) is 1. The van der Waals surface area contributed by atoms with Crippen LogP contribution in [0.25, 0.3) is 0 Å². The molecule has 1 heterocycles. The van der Waals surface area contributed by atoms with Crippen LogP contribution in [0.3, 0.4) is 0 Å². The first-order valence-corrected chi connectivity index (χ1v) is 11.3. The van der Waals surface area contributed by atoms with E-state index in [1.165, 1.54) is 12.8 Å². The van der Waals surface area contributed by atoms with E-state index in [2.05, 4.69) is 10.2 Å². The van der Waals surface area contributed by atoms with Gasteiger partial charge in [-0.25, -0.2) is 0 Å². The van der Waals surface area contributed by atoms with Crippen LogP contribution < -0.4 is 5.32 Å². The number of nitrogens with one attached hydrogen (secondary N) is 1. The molecule has 2 fully saturated rings. The molecule has 3 rings (SSSR count). The number of carbonyl (C=O) groups excluding carboxylic acids is 3. The van der Waals surface area contributed by atoms with Crippen molar-refractivity contribution in [1.82, 2.24) is 15.1 Å². The lowest BCUT2D eigenvalue weighted by atomic mass is 9.99. The molecule has 0 unspecified atom stereocenters. The van der Waals surface area contributed by atoms with Crippen LogP contribution in [-0.2, 0) is 9.59 Å². The average molecular weight is 414 g/mol. The Balaban J connectivity index is 1.31. The molecule has 2 amide bonds. The summed E-state index contributed by atoms with van der Waals surface area (Å²) in [5.41, 5.74) is 2.72. The highest BCUT2D eigenvalue weighted by atomic mass is 16.2. The Labute approximate surface area is 180 Å². The molecule has 1 saturated carbocycles. The smallest absolute Gasteiger partial charge is 0.225 e. The Morgan fingerprint density at radius 3 is 2.40 bits per heavy atom. The fourth-order valence-corrected chi connectivity index (χ4v) is 4.46. The van der Waals surface area contributed by atoms with Gasteiger partial charge < -0.3 is 10.2 Å². The van der Waals surface area contributed by atoms with E-state index in [-0.39, 0.29) is 30.4 Å². The van der Waals surface area contributed by atoms with Gasteiger partial charge in [0.25, 0.3) is 0 Å². The molecule has 1 aliphatic heterocycles. The fraction of sp³-hybridized carbons (Fsp3) is 0.625. The van der Waals surface area contributed by atoms with Gasteiger partial charge in [-0.1, -0.05) is 30.5 Å². The van der Waals surface area contributed by atoms with Gasteiger partial charge in [-0.3, -0.25) is 19.3 Å². The van der Waals surface area contributed by atoms with Gasteiger partial charge in [0.1, 0.15) is 0 Å². The number of aryl methyl sites for hydroxylation is 2. The third kappa shape index (κ3) is 6.14. The van der Waals surface area contributed by atoms with Crippen molar-refractivity contribution in [3.63, 3.8) is 0 Å². The maximum absolute atomic E-state index is 12.5. The molecule has 1 aliphatic carbocycles. The van der Waals surface area contributed by atoms with Gasteiger partial charge in [0, 0.05) is 63.6 Å². The number of hydrogen-bond acceptors (Lipinski definition) is 4. The summed E-state index contributed by atoms with van der Waals surface area (Å²) in [6.45, 7) is 8.54. The molecule has 1 saturated heterocycles. The van der Waals surface area contributed by atoms with Crippen molar-refractivity contribution in [1.29, 1.82) is 0 Å². The van der Waals surface area contributed by atoms with Gasteiger partial charge in [-0.2, -0.15) is 0 Å². The fourth-order valence-electron chi connectivity index (χ4n) is 4.46. The standard InChI is InChI=1S/C24H35N3O3/c1-18-7-8-19(2)21(17-18)22(28)9-10-23(29)25-11-12-26-13-15-27(16-14-26)24(30)20-5-3-4-6-20/h7-8,17,20H,3-6,9-16H2,1-2H3,(H,25,29). The predicted molar refractivity (Wildman–Crippen MR) is 117 cm³/mol. The van der Waals surface area contributed by atoms with Gasteiger partial charge in [0.05, 0.1) is 0 Å². The Bertz CT molecular complexity index is 763. The number of carbonyl (C=O) groups is 3. The molecule has 30 heavy (non-hydrogen) atoms. The average Bonchev–Trinajstić information content (AvgIpc) is 3.28. The molecule has 0 aromatic heterocycles. The number of ketones is 1. The van der Waals surface area contributed by atoms with E-state index >= 15 is 0 Å². The first kappa shape index (κ1) is 22.5. The number of rotatable bonds is 8.